The summed E-state index contributed by atoms with van der Waals surface area (Å²) < 4.78 is 0. The average molecular weight is 218 g/mol. The van der Waals surface area contributed by atoms with Crippen molar-refractivity contribution in [2.45, 2.75) is 25.8 Å². The largest absolute Gasteiger partial charge is 0.399 e. The van der Waals surface area contributed by atoms with Crippen molar-refractivity contribution in [3.63, 3.8) is 0 Å². The third-order valence-corrected chi connectivity index (χ3v) is 3.25. The van der Waals surface area contributed by atoms with Gasteiger partial charge in [0.15, 0.2) is 0 Å². The molecule has 86 valence electrons. The van der Waals surface area contributed by atoms with Gasteiger partial charge in [0.2, 0.25) is 5.91 Å². The van der Waals surface area contributed by atoms with Crippen molar-refractivity contribution >= 4 is 11.6 Å². The molecule has 3 nitrogen and oxygen atoms in total. The van der Waals surface area contributed by atoms with Crippen LogP contribution in [0.4, 0.5) is 5.69 Å². The summed E-state index contributed by atoms with van der Waals surface area (Å²) in [5.41, 5.74) is 7.58. The molecule has 1 unspecified atom stereocenters. The van der Waals surface area contributed by atoms with E-state index in [1.54, 1.807) is 0 Å². The number of nitrogen functional groups attached to an aromatic ring is 1. The number of rotatable bonds is 3. The molecule has 2 N–H and O–H groups in total. The maximum absolute atomic E-state index is 11.9. The van der Waals surface area contributed by atoms with E-state index in [-0.39, 0.29) is 17.9 Å². The number of nitrogens with two attached hydrogens (primary N) is 1. The van der Waals surface area contributed by atoms with Crippen LogP contribution in [0.3, 0.4) is 0 Å². The summed E-state index contributed by atoms with van der Waals surface area (Å²) in [4.78, 5) is 13.7. The van der Waals surface area contributed by atoms with E-state index in [1.165, 1.54) is 0 Å². The number of amides is 1. The summed E-state index contributed by atoms with van der Waals surface area (Å²) in [5.74, 6) is 0.531. The molecule has 0 bridgehead atoms. The third-order valence-electron chi connectivity index (χ3n) is 3.25. The first-order valence-electron chi connectivity index (χ1n) is 5.71. The lowest BCUT2D eigenvalue weighted by Gasteiger charge is -2.25. The van der Waals surface area contributed by atoms with Gasteiger partial charge in [0.25, 0.3) is 0 Å². The van der Waals surface area contributed by atoms with Crippen LogP contribution in [0.15, 0.2) is 24.3 Å². The van der Waals surface area contributed by atoms with Gasteiger partial charge in [0.1, 0.15) is 0 Å². The van der Waals surface area contributed by atoms with Gasteiger partial charge in [0, 0.05) is 18.7 Å². The standard InChI is InChI=1S/C13H18N2O/c1-9(11-4-3-5-12(14)8-11)15(2)13(16)10-6-7-10/h3-5,8-10H,6-7,14H2,1-2H3. The lowest BCUT2D eigenvalue weighted by molar-refractivity contribution is -0.133. The molecule has 1 aromatic carbocycles. The van der Waals surface area contributed by atoms with Crippen LogP contribution >= 0.6 is 0 Å². The van der Waals surface area contributed by atoms with Crippen molar-refractivity contribution in [3.05, 3.63) is 29.8 Å². The number of carbonyl (C=O) groups is 1. The predicted molar refractivity (Wildman–Crippen MR) is 64.8 cm³/mol. The molecule has 0 aliphatic heterocycles. The first kappa shape index (κ1) is 11.0. The van der Waals surface area contributed by atoms with Crippen molar-refractivity contribution in [1.29, 1.82) is 0 Å². The van der Waals surface area contributed by atoms with Crippen LogP contribution in [-0.2, 0) is 4.79 Å². The van der Waals surface area contributed by atoms with Crippen LogP contribution in [-0.4, -0.2) is 17.9 Å². The first-order valence-corrected chi connectivity index (χ1v) is 5.71. The van der Waals surface area contributed by atoms with Crippen LogP contribution in [0.5, 0.6) is 0 Å². The maximum Gasteiger partial charge on any atom is 0.225 e. The van der Waals surface area contributed by atoms with Crippen molar-refractivity contribution < 1.29 is 4.79 Å². The maximum atomic E-state index is 11.9. The van der Waals surface area contributed by atoms with E-state index >= 15 is 0 Å². The number of anilines is 1. The van der Waals surface area contributed by atoms with Gasteiger partial charge in [-0.15, -0.1) is 0 Å². The quantitative estimate of drug-likeness (QED) is 0.790. The van der Waals surface area contributed by atoms with Gasteiger partial charge in [-0.1, -0.05) is 12.1 Å². The first-order chi connectivity index (χ1) is 7.59. The second-order valence-corrected chi connectivity index (χ2v) is 4.57. The predicted octanol–water partition coefficient (Wildman–Crippen LogP) is 2.20. The summed E-state index contributed by atoms with van der Waals surface area (Å²) in [5, 5.41) is 0. The van der Waals surface area contributed by atoms with Crippen molar-refractivity contribution in [3.8, 4) is 0 Å². The van der Waals surface area contributed by atoms with Gasteiger partial charge in [-0.05, 0) is 37.5 Å². The molecule has 1 aliphatic carbocycles. The lowest BCUT2D eigenvalue weighted by Crippen LogP contribution is -2.30. The van der Waals surface area contributed by atoms with E-state index in [1.807, 2.05) is 43.1 Å². The minimum absolute atomic E-state index is 0.0941. The van der Waals surface area contributed by atoms with E-state index < -0.39 is 0 Å². The Labute approximate surface area is 96.2 Å². The van der Waals surface area contributed by atoms with Gasteiger partial charge >= 0.3 is 0 Å². The highest BCUT2D eigenvalue weighted by Crippen LogP contribution is 2.33. The fraction of sp³-hybridized carbons (Fsp3) is 0.462. The highest BCUT2D eigenvalue weighted by atomic mass is 16.2. The van der Waals surface area contributed by atoms with E-state index in [9.17, 15) is 4.79 Å². The number of hydrogen-bond acceptors (Lipinski definition) is 2. The second-order valence-electron chi connectivity index (χ2n) is 4.57. The monoisotopic (exact) mass is 218 g/mol. The van der Waals surface area contributed by atoms with Gasteiger partial charge in [-0.2, -0.15) is 0 Å². The zero-order valence-electron chi connectivity index (χ0n) is 9.81. The fourth-order valence-corrected chi connectivity index (χ4v) is 1.85. The van der Waals surface area contributed by atoms with Crippen LogP contribution < -0.4 is 5.73 Å². The molecule has 1 saturated carbocycles. The Kier molecular flexibility index (Phi) is 2.86. The third kappa shape index (κ3) is 2.18. The molecule has 3 heteroatoms. The van der Waals surface area contributed by atoms with Crippen LogP contribution in [0.1, 0.15) is 31.4 Å². The topological polar surface area (TPSA) is 46.3 Å². The van der Waals surface area contributed by atoms with Crippen LogP contribution in [0, 0.1) is 5.92 Å². The Hall–Kier alpha value is -1.51. The molecule has 2 rings (SSSR count). The van der Waals surface area contributed by atoms with Gasteiger partial charge < -0.3 is 10.6 Å². The SMILES string of the molecule is CC(c1cccc(N)c1)N(C)C(=O)C1CC1. The molecular weight excluding hydrogens is 200 g/mol. The zero-order chi connectivity index (χ0) is 11.7. The van der Waals surface area contributed by atoms with E-state index in [4.69, 9.17) is 5.73 Å². The van der Waals surface area contributed by atoms with Crippen molar-refractivity contribution in [2.75, 3.05) is 12.8 Å². The average Bonchev–Trinajstić information content (AvgIpc) is 3.10. The van der Waals surface area contributed by atoms with E-state index in [2.05, 4.69) is 0 Å². The van der Waals surface area contributed by atoms with Crippen LogP contribution in [0.25, 0.3) is 0 Å². The highest BCUT2D eigenvalue weighted by Gasteiger charge is 2.33. The number of benzene rings is 1. The number of carbonyl (C=O) groups excluding carboxylic acids is 1. The summed E-state index contributed by atoms with van der Waals surface area (Å²) in [7, 11) is 1.87. The van der Waals surface area contributed by atoms with E-state index in [0.717, 1.165) is 24.1 Å². The lowest BCUT2D eigenvalue weighted by atomic mass is 10.1. The summed E-state index contributed by atoms with van der Waals surface area (Å²) in [6.45, 7) is 2.04. The molecular formula is C13H18N2O. The van der Waals surface area contributed by atoms with Crippen LogP contribution in [0.2, 0.25) is 0 Å². The Bertz CT molecular complexity index is 399. The van der Waals surface area contributed by atoms with Gasteiger partial charge in [-0.25, -0.2) is 0 Å². The molecule has 0 heterocycles. The summed E-state index contributed by atoms with van der Waals surface area (Å²) in [6.07, 6.45) is 2.10. The van der Waals surface area contributed by atoms with E-state index in [0.29, 0.717) is 0 Å². The van der Waals surface area contributed by atoms with Crippen molar-refractivity contribution in [2.24, 2.45) is 5.92 Å². The fourth-order valence-electron chi connectivity index (χ4n) is 1.85. The Morgan fingerprint density at radius 1 is 1.50 bits per heavy atom. The summed E-state index contributed by atoms with van der Waals surface area (Å²) in [6, 6.07) is 7.82. The smallest absolute Gasteiger partial charge is 0.225 e. The highest BCUT2D eigenvalue weighted by molar-refractivity contribution is 5.81. The molecule has 1 amide bonds. The molecule has 0 aromatic heterocycles. The van der Waals surface area contributed by atoms with Crippen molar-refractivity contribution in [1.82, 2.24) is 4.90 Å². The molecule has 1 aliphatic rings. The number of nitrogens with zero attached hydrogens (tertiary/aromatic N) is 1. The Balaban J connectivity index is 2.11. The zero-order valence-corrected chi connectivity index (χ0v) is 9.81. The number of hydrogen-bond donors (Lipinski definition) is 1. The molecule has 1 fully saturated rings. The second kappa shape index (κ2) is 4.16. The Morgan fingerprint density at radius 2 is 2.19 bits per heavy atom. The summed E-state index contributed by atoms with van der Waals surface area (Å²) >= 11 is 0. The molecule has 0 saturated heterocycles. The van der Waals surface area contributed by atoms with Gasteiger partial charge in [0.05, 0.1) is 6.04 Å². The molecule has 0 radical (unpaired) electrons. The van der Waals surface area contributed by atoms with Gasteiger partial charge in [-0.3, -0.25) is 4.79 Å². The molecule has 1 aromatic rings. The molecule has 1 atom stereocenters. The molecule has 0 spiro atoms. The molecule has 16 heavy (non-hydrogen) atoms. The normalized spacial score (nSPS) is 16.9. The minimum atomic E-state index is 0.0941. The Morgan fingerprint density at radius 3 is 2.75 bits per heavy atom. The minimum Gasteiger partial charge on any atom is -0.399 e.